The highest BCUT2D eigenvalue weighted by Crippen LogP contribution is 2.22. The van der Waals surface area contributed by atoms with E-state index < -0.39 is 6.04 Å². The minimum absolute atomic E-state index is 0.161. The SMILES string of the molecule is COc1ccc2[nH]c(=O)c(CN3CCCNC(=O)[C@@H](C)NC(=O)c4ccc(C)cc4OCCCn4cc(nn4)C3)cc2c1. The van der Waals surface area contributed by atoms with E-state index >= 15 is 0 Å². The molecule has 2 bridgehead atoms. The van der Waals surface area contributed by atoms with E-state index in [-0.39, 0.29) is 17.4 Å². The summed E-state index contributed by atoms with van der Waals surface area (Å²) < 4.78 is 13.1. The Labute approximate surface area is 249 Å². The predicted molar refractivity (Wildman–Crippen MR) is 161 cm³/mol. The molecule has 1 atom stereocenters. The lowest BCUT2D eigenvalue weighted by Gasteiger charge is -2.22. The van der Waals surface area contributed by atoms with Gasteiger partial charge >= 0.3 is 0 Å². The van der Waals surface area contributed by atoms with Crippen LogP contribution in [0.3, 0.4) is 0 Å². The second-order valence-corrected chi connectivity index (χ2v) is 10.8. The van der Waals surface area contributed by atoms with Gasteiger partial charge in [0.15, 0.2) is 0 Å². The van der Waals surface area contributed by atoms with Crippen molar-refractivity contribution in [3.63, 3.8) is 0 Å². The first-order valence-electron chi connectivity index (χ1n) is 14.4. The van der Waals surface area contributed by atoms with Gasteiger partial charge in [-0.05, 0) is 62.2 Å². The van der Waals surface area contributed by atoms with Crippen LogP contribution in [0.15, 0.2) is 53.5 Å². The molecule has 5 rings (SSSR count). The molecule has 2 amide bonds. The standard InChI is InChI=1S/C31H37N7O5/c1-20-6-8-26-28(14-20)43-13-5-12-38-19-24(35-36-38)18-37(11-4-10-32-29(39)21(2)33-31(26)41)17-23-15-22-16-25(42-3)7-9-27(22)34-30(23)40/h6-9,14-16,19,21H,4-5,10-13,17-18H2,1-3H3,(H,32,39)(H,33,41)(H,34,40)/t21-/m1/s1. The molecule has 3 N–H and O–H groups in total. The fourth-order valence-electron chi connectivity index (χ4n) is 5.03. The zero-order chi connectivity index (χ0) is 30.3. The normalized spacial score (nSPS) is 17.5. The van der Waals surface area contributed by atoms with E-state index in [0.29, 0.717) is 74.8 Å². The number of pyridine rings is 1. The number of hydrogen-bond donors (Lipinski definition) is 3. The Morgan fingerprint density at radius 1 is 1.07 bits per heavy atom. The second kappa shape index (κ2) is 13.5. The van der Waals surface area contributed by atoms with Gasteiger partial charge in [0.1, 0.15) is 17.5 Å². The number of aromatic nitrogens is 4. The lowest BCUT2D eigenvalue weighted by molar-refractivity contribution is -0.122. The summed E-state index contributed by atoms with van der Waals surface area (Å²) in [6.45, 7) is 6.37. The quantitative estimate of drug-likeness (QED) is 0.332. The number of H-pyrrole nitrogens is 1. The number of ether oxygens (including phenoxy) is 2. The molecule has 12 nitrogen and oxygen atoms in total. The number of amides is 2. The van der Waals surface area contributed by atoms with Crippen molar-refractivity contribution < 1.29 is 19.1 Å². The maximum atomic E-state index is 13.0. The molecule has 0 saturated heterocycles. The van der Waals surface area contributed by atoms with Gasteiger partial charge in [-0.2, -0.15) is 0 Å². The molecule has 0 unspecified atom stereocenters. The Hall–Kier alpha value is -4.71. The number of nitrogens with one attached hydrogen (secondary N) is 3. The number of carbonyl (C=O) groups is 2. The molecule has 3 heterocycles. The molecule has 4 aromatic rings. The highest BCUT2D eigenvalue weighted by Gasteiger charge is 2.20. The smallest absolute Gasteiger partial charge is 0.255 e. The molecule has 226 valence electrons. The zero-order valence-electron chi connectivity index (χ0n) is 24.7. The Kier molecular flexibility index (Phi) is 9.35. The largest absolute Gasteiger partial charge is 0.497 e. The Morgan fingerprint density at radius 3 is 2.77 bits per heavy atom. The van der Waals surface area contributed by atoms with Crippen molar-refractivity contribution in [2.24, 2.45) is 0 Å². The van der Waals surface area contributed by atoms with Crippen molar-refractivity contribution in [2.75, 3.05) is 26.8 Å². The number of fused-ring (bicyclic) bond motifs is 4. The number of nitrogens with zero attached hydrogens (tertiary/aromatic N) is 4. The number of aromatic amines is 1. The van der Waals surface area contributed by atoms with E-state index in [9.17, 15) is 14.4 Å². The summed E-state index contributed by atoms with van der Waals surface area (Å²) in [5.41, 5.74) is 3.30. The lowest BCUT2D eigenvalue weighted by atomic mass is 10.1. The van der Waals surface area contributed by atoms with E-state index in [2.05, 4.69) is 30.8 Å². The fourth-order valence-corrected chi connectivity index (χ4v) is 5.03. The maximum absolute atomic E-state index is 13.0. The van der Waals surface area contributed by atoms with E-state index in [1.807, 2.05) is 49.5 Å². The third kappa shape index (κ3) is 7.58. The third-order valence-electron chi connectivity index (χ3n) is 7.36. The Balaban J connectivity index is 1.35. The van der Waals surface area contributed by atoms with Crippen LogP contribution in [0.4, 0.5) is 0 Å². The minimum Gasteiger partial charge on any atom is -0.497 e. The van der Waals surface area contributed by atoms with Gasteiger partial charge in [0.05, 0.1) is 25.0 Å². The van der Waals surface area contributed by atoms with Crippen molar-refractivity contribution in [3.8, 4) is 11.5 Å². The van der Waals surface area contributed by atoms with E-state index in [4.69, 9.17) is 9.47 Å². The molecule has 0 aliphatic carbocycles. The van der Waals surface area contributed by atoms with Crippen LogP contribution in [-0.4, -0.2) is 69.5 Å². The van der Waals surface area contributed by atoms with Crippen LogP contribution in [-0.2, 0) is 24.4 Å². The van der Waals surface area contributed by atoms with Crippen LogP contribution in [0.2, 0.25) is 0 Å². The van der Waals surface area contributed by atoms with Gasteiger partial charge in [-0.15, -0.1) is 5.10 Å². The summed E-state index contributed by atoms with van der Waals surface area (Å²) in [6, 6.07) is 12.0. The monoisotopic (exact) mass is 587 g/mol. The molecular weight excluding hydrogens is 550 g/mol. The summed E-state index contributed by atoms with van der Waals surface area (Å²) in [5.74, 6) is 0.524. The number of rotatable bonds is 3. The second-order valence-electron chi connectivity index (χ2n) is 10.8. The molecule has 43 heavy (non-hydrogen) atoms. The van der Waals surface area contributed by atoms with Crippen LogP contribution >= 0.6 is 0 Å². The highest BCUT2D eigenvalue weighted by molar-refractivity contribution is 5.99. The zero-order valence-corrected chi connectivity index (χ0v) is 24.7. The van der Waals surface area contributed by atoms with E-state index in [1.54, 1.807) is 24.8 Å². The summed E-state index contributed by atoms with van der Waals surface area (Å²) in [4.78, 5) is 43.9. The number of aryl methyl sites for hydroxylation is 2. The first-order valence-corrected chi connectivity index (χ1v) is 14.4. The number of hydrogen-bond acceptors (Lipinski definition) is 8. The topological polar surface area (TPSA) is 143 Å². The summed E-state index contributed by atoms with van der Waals surface area (Å²) in [7, 11) is 1.61. The van der Waals surface area contributed by atoms with Gasteiger partial charge in [0.25, 0.3) is 11.5 Å². The molecule has 0 saturated carbocycles. The lowest BCUT2D eigenvalue weighted by Crippen LogP contribution is -2.45. The molecule has 0 fully saturated rings. The van der Waals surface area contributed by atoms with Crippen LogP contribution in [0.25, 0.3) is 10.9 Å². The van der Waals surface area contributed by atoms with Gasteiger partial charge < -0.3 is 25.1 Å². The van der Waals surface area contributed by atoms with Crippen molar-refractivity contribution >= 4 is 22.7 Å². The average molecular weight is 588 g/mol. The molecular formula is C31H37N7O5. The predicted octanol–water partition coefficient (Wildman–Crippen LogP) is 2.55. The summed E-state index contributed by atoms with van der Waals surface area (Å²) in [5, 5.41) is 15.2. The van der Waals surface area contributed by atoms with Crippen LogP contribution < -0.4 is 25.7 Å². The summed E-state index contributed by atoms with van der Waals surface area (Å²) >= 11 is 0. The fraction of sp³-hybridized carbons (Fsp3) is 0.387. The molecule has 12 heteroatoms. The van der Waals surface area contributed by atoms with E-state index in [1.165, 1.54) is 0 Å². The number of benzene rings is 2. The van der Waals surface area contributed by atoms with Gasteiger partial charge in [-0.25, -0.2) is 0 Å². The van der Waals surface area contributed by atoms with Gasteiger partial charge in [0.2, 0.25) is 5.91 Å². The van der Waals surface area contributed by atoms with Crippen molar-refractivity contribution in [1.82, 2.24) is 35.5 Å². The van der Waals surface area contributed by atoms with Crippen molar-refractivity contribution in [1.29, 1.82) is 0 Å². The van der Waals surface area contributed by atoms with Crippen molar-refractivity contribution in [3.05, 3.63) is 81.4 Å². The highest BCUT2D eigenvalue weighted by atomic mass is 16.5. The van der Waals surface area contributed by atoms with Gasteiger partial charge in [0, 0.05) is 61.8 Å². The van der Waals surface area contributed by atoms with E-state index in [0.717, 1.165) is 22.2 Å². The molecule has 2 aromatic carbocycles. The van der Waals surface area contributed by atoms with Crippen LogP contribution in [0.1, 0.15) is 46.9 Å². The first-order chi connectivity index (χ1) is 20.8. The Morgan fingerprint density at radius 2 is 1.93 bits per heavy atom. The number of methoxy groups -OCH3 is 1. The molecule has 1 aliphatic rings. The average Bonchev–Trinajstić information content (AvgIpc) is 3.43. The van der Waals surface area contributed by atoms with Crippen LogP contribution in [0, 0.1) is 6.92 Å². The molecule has 1 aliphatic heterocycles. The Bertz CT molecular complexity index is 1660. The maximum Gasteiger partial charge on any atom is 0.255 e. The summed E-state index contributed by atoms with van der Waals surface area (Å²) in [6.07, 6.45) is 3.16. The van der Waals surface area contributed by atoms with Crippen molar-refractivity contribution in [2.45, 2.75) is 52.4 Å². The van der Waals surface area contributed by atoms with Gasteiger partial charge in [-0.3, -0.25) is 24.0 Å². The third-order valence-corrected chi connectivity index (χ3v) is 7.36. The minimum atomic E-state index is -0.734. The van der Waals surface area contributed by atoms with Crippen LogP contribution in [0.5, 0.6) is 11.5 Å². The van der Waals surface area contributed by atoms with Gasteiger partial charge in [-0.1, -0.05) is 11.3 Å². The molecule has 0 radical (unpaired) electrons. The molecule has 0 spiro atoms. The first kappa shape index (κ1) is 29.8. The molecule has 2 aromatic heterocycles. The number of carbonyl (C=O) groups excluding carboxylic acids is 2.